The third kappa shape index (κ3) is 3.11. The van der Waals surface area contributed by atoms with Crippen LogP contribution >= 0.6 is 0 Å². The van der Waals surface area contributed by atoms with E-state index in [4.69, 9.17) is 10.5 Å². The van der Waals surface area contributed by atoms with Crippen molar-refractivity contribution in [3.8, 4) is 0 Å². The van der Waals surface area contributed by atoms with Gasteiger partial charge in [0.05, 0.1) is 0 Å². The molecule has 2 atom stereocenters. The maximum absolute atomic E-state index is 5.93. The lowest BCUT2D eigenvalue weighted by molar-refractivity contribution is 0.115. The van der Waals surface area contributed by atoms with Crippen molar-refractivity contribution in [2.24, 2.45) is 0 Å². The molecule has 0 aromatic carbocycles. The van der Waals surface area contributed by atoms with E-state index in [1.807, 2.05) is 6.07 Å². The van der Waals surface area contributed by atoms with Gasteiger partial charge < -0.3 is 15.4 Å². The van der Waals surface area contributed by atoms with Gasteiger partial charge in [0, 0.05) is 38.3 Å². The number of hydrogen-bond donors (Lipinski definition) is 1. The van der Waals surface area contributed by atoms with Gasteiger partial charge >= 0.3 is 0 Å². The normalized spacial score (nSPS) is 26.7. The van der Waals surface area contributed by atoms with Crippen LogP contribution < -0.4 is 10.6 Å². The molecule has 2 N–H and O–H groups in total. The molecule has 0 radical (unpaired) electrons. The Morgan fingerprint density at radius 1 is 1.33 bits per heavy atom. The summed E-state index contributed by atoms with van der Waals surface area (Å²) < 4.78 is 5.13. The fraction of sp³-hybridized carbons (Fsp3) is 0.733. The SMILES string of the molecule is COCc1nc(N)cc(N2CC3CCCCN3CC2C)n1. The second-order valence-electron chi connectivity index (χ2n) is 6.15. The molecule has 3 rings (SSSR count). The molecule has 0 saturated carbocycles. The van der Waals surface area contributed by atoms with Gasteiger partial charge in [0.25, 0.3) is 0 Å². The van der Waals surface area contributed by atoms with E-state index in [2.05, 4.69) is 26.7 Å². The number of nitrogens with two attached hydrogens (primary N) is 1. The van der Waals surface area contributed by atoms with E-state index >= 15 is 0 Å². The Kier molecular flexibility index (Phi) is 4.26. The highest BCUT2D eigenvalue weighted by molar-refractivity contribution is 5.48. The number of nitrogen functional groups attached to an aromatic ring is 1. The Balaban J connectivity index is 1.82. The summed E-state index contributed by atoms with van der Waals surface area (Å²) >= 11 is 0. The third-order valence-electron chi connectivity index (χ3n) is 4.53. The molecule has 0 bridgehead atoms. The molecule has 0 aliphatic carbocycles. The van der Waals surface area contributed by atoms with Crippen LogP contribution in [0.4, 0.5) is 11.6 Å². The summed E-state index contributed by atoms with van der Waals surface area (Å²) in [7, 11) is 1.65. The summed E-state index contributed by atoms with van der Waals surface area (Å²) in [6, 6.07) is 2.98. The summed E-state index contributed by atoms with van der Waals surface area (Å²) in [4.78, 5) is 13.9. The Hall–Kier alpha value is -1.40. The lowest BCUT2D eigenvalue weighted by Gasteiger charge is -2.48. The number of piperazine rings is 1. The summed E-state index contributed by atoms with van der Waals surface area (Å²) in [6.07, 6.45) is 3.96. The summed E-state index contributed by atoms with van der Waals surface area (Å²) in [5.41, 5.74) is 5.93. The first-order valence-electron chi connectivity index (χ1n) is 7.80. The van der Waals surface area contributed by atoms with Crippen molar-refractivity contribution in [1.29, 1.82) is 0 Å². The molecule has 1 aromatic rings. The van der Waals surface area contributed by atoms with Crippen molar-refractivity contribution in [1.82, 2.24) is 14.9 Å². The van der Waals surface area contributed by atoms with Crippen molar-refractivity contribution in [3.63, 3.8) is 0 Å². The monoisotopic (exact) mass is 291 g/mol. The highest BCUT2D eigenvalue weighted by Crippen LogP contribution is 2.27. The lowest BCUT2D eigenvalue weighted by Crippen LogP contribution is -2.59. The standard InChI is InChI=1S/C15H25N5O/c1-11-8-19-6-4-3-5-12(19)9-20(11)15-7-13(16)17-14(18-15)10-21-2/h7,11-12H,3-6,8-10H2,1-2H3,(H2,16,17,18). The maximum atomic E-state index is 5.93. The van der Waals surface area contributed by atoms with Gasteiger partial charge in [0.15, 0.2) is 5.82 Å². The van der Waals surface area contributed by atoms with Crippen molar-refractivity contribution in [3.05, 3.63) is 11.9 Å². The van der Waals surface area contributed by atoms with Gasteiger partial charge in [0.1, 0.15) is 18.2 Å². The van der Waals surface area contributed by atoms with Crippen LogP contribution in [0.3, 0.4) is 0 Å². The largest absolute Gasteiger partial charge is 0.384 e. The van der Waals surface area contributed by atoms with Crippen molar-refractivity contribution in [2.45, 2.75) is 44.9 Å². The fourth-order valence-electron chi connectivity index (χ4n) is 3.52. The first-order chi connectivity index (χ1) is 10.2. The van der Waals surface area contributed by atoms with E-state index in [0.717, 1.165) is 18.9 Å². The van der Waals surface area contributed by atoms with Gasteiger partial charge in [-0.1, -0.05) is 6.42 Å². The number of ether oxygens (including phenoxy) is 1. The van der Waals surface area contributed by atoms with E-state index in [1.54, 1.807) is 7.11 Å². The van der Waals surface area contributed by atoms with Crippen molar-refractivity contribution < 1.29 is 4.74 Å². The molecule has 2 aliphatic rings. The molecule has 2 aliphatic heterocycles. The lowest BCUT2D eigenvalue weighted by atomic mass is 9.97. The van der Waals surface area contributed by atoms with E-state index in [0.29, 0.717) is 30.3 Å². The summed E-state index contributed by atoms with van der Waals surface area (Å²) in [5, 5.41) is 0. The van der Waals surface area contributed by atoms with Gasteiger partial charge in [-0.15, -0.1) is 0 Å². The molecule has 2 saturated heterocycles. The van der Waals surface area contributed by atoms with Gasteiger partial charge in [-0.25, -0.2) is 9.97 Å². The predicted molar refractivity (Wildman–Crippen MR) is 83.2 cm³/mol. The van der Waals surface area contributed by atoms with Crippen LogP contribution in [-0.4, -0.2) is 53.7 Å². The molecular formula is C15H25N5O. The van der Waals surface area contributed by atoms with Crippen LogP contribution in [0.2, 0.25) is 0 Å². The van der Waals surface area contributed by atoms with Crippen molar-refractivity contribution in [2.75, 3.05) is 37.4 Å². The molecule has 6 heteroatoms. The number of methoxy groups -OCH3 is 1. The molecule has 0 amide bonds. The Morgan fingerprint density at radius 3 is 3.00 bits per heavy atom. The topological polar surface area (TPSA) is 67.5 Å². The molecular weight excluding hydrogens is 266 g/mol. The van der Waals surface area contributed by atoms with Gasteiger partial charge in [-0.3, -0.25) is 4.90 Å². The highest BCUT2D eigenvalue weighted by Gasteiger charge is 2.33. The minimum Gasteiger partial charge on any atom is -0.384 e. The number of nitrogens with zero attached hydrogens (tertiary/aromatic N) is 4. The molecule has 0 spiro atoms. The average molecular weight is 291 g/mol. The average Bonchev–Trinajstić information content (AvgIpc) is 2.46. The molecule has 21 heavy (non-hydrogen) atoms. The minimum absolute atomic E-state index is 0.399. The zero-order valence-electron chi connectivity index (χ0n) is 13.0. The second kappa shape index (κ2) is 6.15. The summed E-state index contributed by atoms with van der Waals surface area (Å²) in [5.74, 6) is 2.11. The molecule has 2 unspecified atom stereocenters. The minimum atomic E-state index is 0.399. The second-order valence-corrected chi connectivity index (χ2v) is 6.15. The quantitative estimate of drug-likeness (QED) is 0.904. The maximum Gasteiger partial charge on any atom is 0.158 e. The van der Waals surface area contributed by atoms with E-state index in [-0.39, 0.29) is 0 Å². The third-order valence-corrected chi connectivity index (χ3v) is 4.53. The Morgan fingerprint density at radius 2 is 2.19 bits per heavy atom. The van der Waals surface area contributed by atoms with Gasteiger partial charge in [-0.05, 0) is 26.3 Å². The number of piperidine rings is 1. The first kappa shape index (κ1) is 14.5. The van der Waals surface area contributed by atoms with Gasteiger partial charge in [-0.2, -0.15) is 0 Å². The van der Waals surface area contributed by atoms with Crippen LogP contribution in [-0.2, 0) is 11.3 Å². The number of hydrogen-bond acceptors (Lipinski definition) is 6. The number of rotatable bonds is 3. The van der Waals surface area contributed by atoms with E-state index in [9.17, 15) is 0 Å². The first-order valence-corrected chi connectivity index (χ1v) is 7.80. The van der Waals surface area contributed by atoms with Crippen LogP contribution in [0.5, 0.6) is 0 Å². The Labute approximate surface area is 126 Å². The molecule has 2 fully saturated rings. The molecule has 1 aromatic heterocycles. The van der Waals surface area contributed by atoms with Crippen LogP contribution in [0.1, 0.15) is 32.0 Å². The molecule has 116 valence electrons. The smallest absolute Gasteiger partial charge is 0.158 e. The molecule has 6 nitrogen and oxygen atoms in total. The molecule has 3 heterocycles. The van der Waals surface area contributed by atoms with E-state index in [1.165, 1.54) is 25.8 Å². The van der Waals surface area contributed by atoms with Crippen LogP contribution in [0.25, 0.3) is 0 Å². The summed E-state index contributed by atoms with van der Waals surface area (Å²) in [6.45, 7) is 6.04. The highest BCUT2D eigenvalue weighted by atomic mass is 16.5. The van der Waals surface area contributed by atoms with E-state index < -0.39 is 0 Å². The fourth-order valence-corrected chi connectivity index (χ4v) is 3.52. The Bertz CT molecular complexity index is 495. The number of anilines is 2. The van der Waals surface area contributed by atoms with Crippen LogP contribution in [0, 0.1) is 0 Å². The zero-order chi connectivity index (χ0) is 14.8. The zero-order valence-corrected chi connectivity index (χ0v) is 13.0. The van der Waals surface area contributed by atoms with Gasteiger partial charge in [0.2, 0.25) is 0 Å². The van der Waals surface area contributed by atoms with Crippen LogP contribution in [0.15, 0.2) is 6.07 Å². The predicted octanol–water partition coefficient (Wildman–Crippen LogP) is 1.27. The van der Waals surface area contributed by atoms with Crippen molar-refractivity contribution >= 4 is 11.6 Å². The number of fused-ring (bicyclic) bond motifs is 1. The number of aromatic nitrogens is 2.